The molecule has 78 valence electrons. The summed E-state index contributed by atoms with van der Waals surface area (Å²) in [6, 6.07) is 7.09. The van der Waals surface area contributed by atoms with Crippen molar-refractivity contribution in [3.8, 4) is 0 Å². The molecule has 0 aliphatic heterocycles. The minimum absolute atomic E-state index is 0.156. The van der Waals surface area contributed by atoms with Gasteiger partial charge in [0.2, 0.25) is 0 Å². The Morgan fingerprint density at radius 1 is 1.27 bits per heavy atom. The van der Waals surface area contributed by atoms with Gasteiger partial charge in [0.15, 0.2) is 0 Å². The number of nitrogens with two attached hydrogens (primary N) is 1. The molecule has 0 bridgehead atoms. The fourth-order valence-corrected chi connectivity index (χ4v) is 2.06. The number of rotatable bonds is 1. The summed E-state index contributed by atoms with van der Waals surface area (Å²) in [5, 5.41) is -1.08. The van der Waals surface area contributed by atoms with Crippen molar-refractivity contribution in [2.75, 3.05) is 0 Å². The first kappa shape index (κ1) is 11.1. The Labute approximate surface area is 85.9 Å². The summed E-state index contributed by atoms with van der Waals surface area (Å²) in [5.41, 5.74) is 13.2. The predicted molar refractivity (Wildman–Crippen MR) is 51.4 cm³/mol. The molecule has 0 aliphatic rings. The maximum Gasteiger partial charge on any atom is 0.473 e. The summed E-state index contributed by atoms with van der Waals surface area (Å²) in [5.74, 6) is -1.30. The van der Waals surface area contributed by atoms with Gasteiger partial charge in [-0.25, -0.2) is 8.42 Å². The molecule has 7 heteroatoms. The third-order valence-electron chi connectivity index (χ3n) is 1.61. The van der Waals surface area contributed by atoms with Gasteiger partial charge in [-0.15, -0.1) is 4.79 Å². The molecule has 0 saturated heterocycles. The van der Waals surface area contributed by atoms with E-state index < -0.39 is 20.8 Å². The molecule has 15 heavy (non-hydrogen) atoms. The SMILES string of the molecule is [N-]=[N+]=C(C(N)=O)S(=O)(=O)c1ccccc1. The zero-order valence-corrected chi connectivity index (χ0v) is 8.31. The van der Waals surface area contributed by atoms with Crippen LogP contribution in [0.1, 0.15) is 0 Å². The lowest BCUT2D eigenvalue weighted by molar-refractivity contribution is -0.115. The molecule has 0 unspecified atom stereocenters. The third kappa shape index (κ3) is 2.09. The fraction of sp³-hybridized carbons (Fsp3) is 0. The molecule has 2 N–H and O–H groups in total. The molecule has 1 aromatic carbocycles. The second kappa shape index (κ2) is 4.04. The average molecular weight is 225 g/mol. The summed E-state index contributed by atoms with van der Waals surface area (Å²) in [6.45, 7) is 0. The summed E-state index contributed by atoms with van der Waals surface area (Å²) >= 11 is 0. The van der Waals surface area contributed by atoms with Gasteiger partial charge in [0.05, 0.1) is 4.90 Å². The summed E-state index contributed by atoms with van der Waals surface area (Å²) < 4.78 is 23.2. The van der Waals surface area contributed by atoms with Gasteiger partial charge in [-0.1, -0.05) is 18.2 Å². The fourth-order valence-electron chi connectivity index (χ4n) is 0.947. The van der Waals surface area contributed by atoms with Crippen molar-refractivity contribution >= 4 is 20.8 Å². The number of amides is 1. The van der Waals surface area contributed by atoms with Crippen molar-refractivity contribution in [3.63, 3.8) is 0 Å². The molecule has 0 atom stereocenters. The Kier molecular flexibility index (Phi) is 2.99. The number of sulfone groups is 1. The quantitative estimate of drug-likeness (QED) is 0.303. The van der Waals surface area contributed by atoms with Gasteiger partial charge >= 0.3 is 11.0 Å². The Hall–Kier alpha value is -1.98. The van der Waals surface area contributed by atoms with Crippen LogP contribution in [-0.4, -0.2) is 24.2 Å². The van der Waals surface area contributed by atoms with Crippen LogP contribution >= 0.6 is 0 Å². The number of primary amides is 1. The van der Waals surface area contributed by atoms with E-state index in [1.54, 1.807) is 6.07 Å². The molecule has 0 fully saturated rings. The molecular weight excluding hydrogens is 218 g/mol. The lowest BCUT2D eigenvalue weighted by Crippen LogP contribution is -2.31. The maximum absolute atomic E-state index is 11.6. The first-order chi connectivity index (χ1) is 7.00. The smallest absolute Gasteiger partial charge is 0.360 e. The van der Waals surface area contributed by atoms with E-state index >= 15 is 0 Å². The van der Waals surface area contributed by atoms with Gasteiger partial charge in [0.1, 0.15) is 0 Å². The van der Waals surface area contributed by atoms with Crippen molar-refractivity contribution in [3.05, 3.63) is 35.9 Å². The average Bonchev–Trinajstić information content (AvgIpc) is 2.19. The van der Waals surface area contributed by atoms with E-state index in [9.17, 15) is 13.2 Å². The van der Waals surface area contributed by atoms with Gasteiger partial charge in [-0.2, -0.15) is 0 Å². The molecule has 6 nitrogen and oxygen atoms in total. The molecule has 0 aromatic heterocycles. The van der Waals surface area contributed by atoms with Crippen LogP contribution in [-0.2, 0) is 14.6 Å². The van der Waals surface area contributed by atoms with Gasteiger partial charge < -0.3 is 11.3 Å². The first-order valence-corrected chi connectivity index (χ1v) is 5.30. The number of hydrogen-bond donors (Lipinski definition) is 1. The van der Waals surface area contributed by atoms with Crippen LogP contribution in [0.15, 0.2) is 35.2 Å². The molecule has 0 saturated carbocycles. The Morgan fingerprint density at radius 2 is 1.80 bits per heavy atom. The first-order valence-electron chi connectivity index (χ1n) is 3.82. The van der Waals surface area contributed by atoms with Gasteiger partial charge in [0.25, 0.3) is 9.84 Å². The highest BCUT2D eigenvalue weighted by molar-refractivity contribution is 8.08. The van der Waals surface area contributed by atoms with Crippen molar-refractivity contribution in [2.24, 2.45) is 5.73 Å². The molecule has 0 aliphatic carbocycles. The van der Waals surface area contributed by atoms with Gasteiger partial charge in [-0.3, -0.25) is 4.79 Å². The van der Waals surface area contributed by atoms with E-state index in [0.717, 1.165) is 0 Å². The third-order valence-corrected chi connectivity index (χ3v) is 3.29. The maximum atomic E-state index is 11.6. The molecule has 0 spiro atoms. The van der Waals surface area contributed by atoms with Crippen LogP contribution in [0.3, 0.4) is 0 Å². The Bertz CT molecular complexity index is 530. The highest BCUT2D eigenvalue weighted by atomic mass is 32.2. The monoisotopic (exact) mass is 225 g/mol. The molecular formula is C8H7N3O3S. The second-order valence-electron chi connectivity index (χ2n) is 2.59. The lowest BCUT2D eigenvalue weighted by Gasteiger charge is -1.96. The Balaban J connectivity index is 3.39. The van der Waals surface area contributed by atoms with Crippen molar-refractivity contribution in [1.82, 2.24) is 0 Å². The largest absolute Gasteiger partial charge is 0.473 e. The summed E-state index contributed by atoms with van der Waals surface area (Å²) in [6.07, 6.45) is 0. The van der Waals surface area contributed by atoms with Crippen LogP contribution < -0.4 is 5.73 Å². The topological polar surface area (TPSA) is 114 Å². The Morgan fingerprint density at radius 3 is 2.20 bits per heavy atom. The van der Waals surface area contributed by atoms with Crippen LogP contribution in [0.2, 0.25) is 0 Å². The predicted octanol–water partition coefficient (Wildman–Crippen LogP) is -0.426. The number of nitrogens with zero attached hydrogens (tertiary/aromatic N) is 2. The normalized spacial score (nSPS) is 10.4. The van der Waals surface area contributed by atoms with Crippen LogP contribution in [0.25, 0.3) is 5.53 Å². The van der Waals surface area contributed by atoms with Crippen LogP contribution in [0.4, 0.5) is 0 Å². The highest BCUT2D eigenvalue weighted by Crippen LogP contribution is 2.10. The highest BCUT2D eigenvalue weighted by Gasteiger charge is 2.35. The zero-order valence-electron chi connectivity index (χ0n) is 7.49. The van der Waals surface area contributed by atoms with Crippen molar-refractivity contribution in [2.45, 2.75) is 4.90 Å². The summed E-state index contributed by atoms with van der Waals surface area (Å²) in [4.78, 5) is 12.9. The number of benzene rings is 1. The van der Waals surface area contributed by atoms with Crippen molar-refractivity contribution in [1.29, 1.82) is 0 Å². The van der Waals surface area contributed by atoms with E-state index in [-0.39, 0.29) is 4.90 Å². The van der Waals surface area contributed by atoms with Gasteiger partial charge in [0, 0.05) is 0 Å². The minimum atomic E-state index is -4.12. The number of hydrogen-bond acceptors (Lipinski definition) is 3. The van der Waals surface area contributed by atoms with Gasteiger partial charge in [-0.05, 0) is 12.1 Å². The van der Waals surface area contributed by atoms with Crippen LogP contribution in [0, 0.1) is 0 Å². The number of carbonyl (C=O) groups is 1. The molecule has 0 heterocycles. The zero-order chi connectivity index (χ0) is 11.5. The molecule has 1 amide bonds. The van der Waals surface area contributed by atoms with E-state index in [1.165, 1.54) is 24.3 Å². The summed E-state index contributed by atoms with van der Waals surface area (Å²) in [7, 11) is -4.12. The van der Waals surface area contributed by atoms with E-state index in [0.29, 0.717) is 0 Å². The molecule has 1 aromatic rings. The molecule has 1 rings (SSSR count). The lowest BCUT2D eigenvalue weighted by atomic mass is 10.4. The van der Waals surface area contributed by atoms with E-state index in [2.05, 4.69) is 4.79 Å². The number of carbonyl (C=O) groups excluding carboxylic acids is 1. The molecule has 0 radical (unpaired) electrons. The van der Waals surface area contributed by atoms with E-state index in [4.69, 9.17) is 11.3 Å². The second-order valence-corrected chi connectivity index (χ2v) is 4.45. The standard InChI is InChI=1S/C8H7N3O3S/c9-7(12)8(11-10)15(13,14)6-4-2-1-3-5-6/h1-5H,(H2,9,12). The van der Waals surface area contributed by atoms with Crippen LogP contribution in [0.5, 0.6) is 0 Å². The minimum Gasteiger partial charge on any atom is -0.360 e. The van der Waals surface area contributed by atoms with E-state index in [1.807, 2.05) is 0 Å². The van der Waals surface area contributed by atoms with Crippen molar-refractivity contribution < 1.29 is 18.0 Å².